The first-order valence-electron chi connectivity index (χ1n) is 6.52. The van der Waals surface area contributed by atoms with Crippen LogP contribution in [0.3, 0.4) is 0 Å². The van der Waals surface area contributed by atoms with Crippen LogP contribution < -0.4 is 10.6 Å². The molecule has 0 atom stereocenters. The minimum absolute atomic E-state index is 0.817. The summed E-state index contributed by atoms with van der Waals surface area (Å²) in [7, 11) is 1.86. The highest BCUT2D eigenvalue weighted by atomic mass is 15.1. The smallest absolute Gasteiger partial charge is 0.136 e. The van der Waals surface area contributed by atoms with E-state index in [0.717, 1.165) is 29.6 Å². The molecule has 19 heavy (non-hydrogen) atoms. The van der Waals surface area contributed by atoms with Crippen LogP contribution in [0.5, 0.6) is 0 Å². The summed E-state index contributed by atoms with van der Waals surface area (Å²) in [4.78, 5) is 8.87. The maximum absolute atomic E-state index is 4.49. The molecule has 2 aromatic rings. The Balaban J connectivity index is 2.29. The molecule has 2 rings (SSSR count). The fourth-order valence-electron chi connectivity index (χ4n) is 1.81. The van der Waals surface area contributed by atoms with Gasteiger partial charge in [0, 0.05) is 25.2 Å². The molecule has 0 amide bonds. The molecule has 4 nitrogen and oxygen atoms in total. The van der Waals surface area contributed by atoms with E-state index in [4.69, 9.17) is 0 Å². The predicted molar refractivity (Wildman–Crippen MR) is 80.2 cm³/mol. The molecular weight excluding hydrogens is 236 g/mol. The van der Waals surface area contributed by atoms with Gasteiger partial charge in [0.05, 0.1) is 0 Å². The summed E-state index contributed by atoms with van der Waals surface area (Å²) in [6.45, 7) is 6.27. The van der Waals surface area contributed by atoms with Crippen molar-refractivity contribution in [3.8, 4) is 0 Å². The van der Waals surface area contributed by atoms with E-state index in [2.05, 4.69) is 59.6 Å². The van der Waals surface area contributed by atoms with Crippen LogP contribution >= 0.6 is 0 Å². The summed E-state index contributed by atoms with van der Waals surface area (Å²) < 4.78 is 0. The summed E-state index contributed by atoms with van der Waals surface area (Å²) in [6.07, 6.45) is 0.817. The van der Waals surface area contributed by atoms with E-state index in [-0.39, 0.29) is 0 Å². The molecule has 0 saturated heterocycles. The van der Waals surface area contributed by atoms with Crippen molar-refractivity contribution < 1.29 is 0 Å². The van der Waals surface area contributed by atoms with E-state index >= 15 is 0 Å². The minimum atomic E-state index is 0.817. The van der Waals surface area contributed by atoms with Crippen LogP contribution in [0.2, 0.25) is 0 Å². The molecule has 0 spiro atoms. The van der Waals surface area contributed by atoms with Crippen LogP contribution in [0, 0.1) is 13.8 Å². The Morgan fingerprint density at radius 2 is 1.74 bits per heavy atom. The summed E-state index contributed by atoms with van der Waals surface area (Å²) in [5.74, 6) is 2.48. The number of nitrogens with zero attached hydrogens (tertiary/aromatic N) is 2. The van der Waals surface area contributed by atoms with Crippen molar-refractivity contribution in [3.63, 3.8) is 0 Å². The largest absolute Gasteiger partial charge is 0.373 e. The zero-order chi connectivity index (χ0) is 13.8. The van der Waals surface area contributed by atoms with E-state index in [0.29, 0.717) is 0 Å². The molecule has 0 saturated carbocycles. The average molecular weight is 256 g/mol. The fraction of sp³-hybridized carbons (Fsp3) is 0.333. The maximum Gasteiger partial charge on any atom is 0.136 e. The molecule has 1 heterocycles. The van der Waals surface area contributed by atoms with Crippen molar-refractivity contribution in [2.45, 2.75) is 27.2 Å². The van der Waals surface area contributed by atoms with E-state index in [9.17, 15) is 0 Å². The lowest BCUT2D eigenvalue weighted by atomic mass is 10.1. The molecule has 0 bridgehead atoms. The zero-order valence-corrected chi connectivity index (χ0v) is 11.9. The molecule has 1 aromatic carbocycles. The normalized spacial score (nSPS) is 10.3. The lowest BCUT2D eigenvalue weighted by Gasteiger charge is -2.10. The summed E-state index contributed by atoms with van der Waals surface area (Å²) in [5.41, 5.74) is 3.60. The van der Waals surface area contributed by atoms with Crippen LogP contribution in [-0.2, 0) is 6.42 Å². The Hall–Kier alpha value is -2.10. The van der Waals surface area contributed by atoms with E-state index < -0.39 is 0 Å². The third-order valence-electron chi connectivity index (χ3n) is 3.12. The van der Waals surface area contributed by atoms with Crippen LogP contribution in [0.15, 0.2) is 24.3 Å². The van der Waals surface area contributed by atoms with Crippen LogP contribution in [0.1, 0.15) is 23.9 Å². The van der Waals surface area contributed by atoms with Crippen molar-refractivity contribution in [1.29, 1.82) is 0 Å². The summed E-state index contributed by atoms with van der Waals surface area (Å²) >= 11 is 0. The number of aromatic nitrogens is 2. The Kier molecular flexibility index (Phi) is 4.00. The van der Waals surface area contributed by atoms with Crippen molar-refractivity contribution in [2.24, 2.45) is 0 Å². The number of aryl methyl sites for hydroxylation is 3. The average Bonchev–Trinajstić information content (AvgIpc) is 2.42. The third-order valence-corrected chi connectivity index (χ3v) is 3.12. The lowest BCUT2D eigenvalue weighted by Crippen LogP contribution is -2.03. The topological polar surface area (TPSA) is 49.8 Å². The van der Waals surface area contributed by atoms with E-state index in [1.165, 1.54) is 11.1 Å². The van der Waals surface area contributed by atoms with Gasteiger partial charge in [0.15, 0.2) is 0 Å². The van der Waals surface area contributed by atoms with Gasteiger partial charge in [-0.1, -0.05) is 13.0 Å². The first-order valence-corrected chi connectivity index (χ1v) is 6.52. The van der Waals surface area contributed by atoms with Gasteiger partial charge in [-0.15, -0.1) is 0 Å². The van der Waals surface area contributed by atoms with Crippen molar-refractivity contribution in [3.05, 3.63) is 41.2 Å². The predicted octanol–water partition coefficient (Wildman–Crippen LogP) is 3.44. The Morgan fingerprint density at radius 1 is 1.00 bits per heavy atom. The molecule has 0 radical (unpaired) electrons. The maximum atomic E-state index is 4.49. The van der Waals surface area contributed by atoms with E-state index in [1.807, 2.05) is 13.1 Å². The van der Waals surface area contributed by atoms with Crippen LogP contribution in [0.4, 0.5) is 17.3 Å². The van der Waals surface area contributed by atoms with Gasteiger partial charge in [-0.05, 0) is 37.1 Å². The molecule has 4 heteroatoms. The number of rotatable bonds is 4. The quantitative estimate of drug-likeness (QED) is 0.879. The number of hydrogen-bond acceptors (Lipinski definition) is 4. The first kappa shape index (κ1) is 13.3. The van der Waals surface area contributed by atoms with Crippen molar-refractivity contribution in [1.82, 2.24) is 9.97 Å². The Labute approximate surface area is 114 Å². The van der Waals surface area contributed by atoms with Gasteiger partial charge < -0.3 is 10.6 Å². The number of nitrogens with one attached hydrogen (secondary N) is 2. The van der Waals surface area contributed by atoms with Gasteiger partial charge in [0.1, 0.15) is 17.5 Å². The summed E-state index contributed by atoms with van der Waals surface area (Å²) in [5, 5.41) is 6.39. The molecule has 2 N–H and O–H groups in total. The van der Waals surface area contributed by atoms with Crippen molar-refractivity contribution in [2.75, 3.05) is 17.7 Å². The molecule has 0 aliphatic carbocycles. The van der Waals surface area contributed by atoms with Crippen molar-refractivity contribution >= 4 is 17.3 Å². The second-order valence-electron chi connectivity index (χ2n) is 4.58. The highest BCUT2D eigenvalue weighted by Crippen LogP contribution is 2.20. The molecule has 0 unspecified atom stereocenters. The van der Waals surface area contributed by atoms with Gasteiger partial charge in [-0.2, -0.15) is 0 Å². The number of anilines is 3. The van der Waals surface area contributed by atoms with Crippen LogP contribution in [-0.4, -0.2) is 17.0 Å². The SMILES string of the molecule is CCc1nc(NC)cc(Nc2ccc(C)c(C)c2)n1. The van der Waals surface area contributed by atoms with Gasteiger partial charge in [0.25, 0.3) is 0 Å². The molecule has 100 valence electrons. The first-order chi connectivity index (χ1) is 9.12. The molecule has 1 aromatic heterocycles. The van der Waals surface area contributed by atoms with Gasteiger partial charge in [0.2, 0.25) is 0 Å². The zero-order valence-electron chi connectivity index (χ0n) is 11.9. The monoisotopic (exact) mass is 256 g/mol. The lowest BCUT2D eigenvalue weighted by molar-refractivity contribution is 0.944. The number of benzene rings is 1. The number of hydrogen-bond donors (Lipinski definition) is 2. The molecular formula is C15H20N4. The highest BCUT2D eigenvalue weighted by molar-refractivity contribution is 5.60. The fourth-order valence-corrected chi connectivity index (χ4v) is 1.81. The molecule has 0 fully saturated rings. The van der Waals surface area contributed by atoms with Gasteiger partial charge in [-0.25, -0.2) is 9.97 Å². The second kappa shape index (κ2) is 5.69. The Bertz CT molecular complexity index is 556. The molecule has 0 aliphatic rings. The Morgan fingerprint density at radius 3 is 2.37 bits per heavy atom. The third kappa shape index (κ3) is 3.22. The highest BCUT2D eigenvalue weighted by Gasteiger charge is 2.03. The minimum Gasteiger partial charge on any atom is -0.373 e. The van der Waals surface area contributed by atoms with Gasteiger partial charge in [-0.3, -0.25) is 0 Å². The second-order valence-corrected chi connectivity index (χ2v) is 4.58. The summed E-state index contributed by atoms with van der Waals surface area (Å²) in [6, 6.07) is 8.21. The standard InChI is InChI=1S/C15H20N4/c1-5-13-18-14(16-4)9-15(19-13)17-12-7-6-10(2)11(3)8-12/h6-9H,5H2,1-4H3,(H2,16,17,18,19). The van der Waals surface area contributed by atoms with Crippen LogP contribution in [0.25, 0.3) is 0 Å². The van der Waals surface area contributed by atoms with E-state index in [1.54, 1.807) is 0 Å². The molecule has 0 aliphatic heterocycles. The van der Waals surface area contributed by atoms with Gasteiger partial charge >= 0.3 is 0 Å².